The average Bonchev–Trinajstić information content (AvgIpc) is 3.56. The van der Waals surface area contributed by atoms with E-state index < -0.39 is 0 Å². The smallest absolute Gasteiger partial charge is 0.224 e. The predicted octanol–water partition coefficient (Wildman–Crippen LogP) is 5.15. The lowest BCUT2D eigenvalue weighted by molar-refractivity contribution is -0.116. The van der Waals surface area contributed by atoms with Crippen LogP contribution in [-0.2, 0) is 4.79 Å². The molecule has 0 aliphatic heterocycles. The molecular formula is C27H23N9O. The summed E-state index contributed by atoms with van der Waals surface area (Å²) < 4.78 is 0. The Labute approximate surface area is 211 Å². The minimum absolute atomic E-state index is 0.0219. The Hall–Kier alpha value is -4.99. The number of amides is 1. The number of pyridine rings is 4. The number of hydrogen-bond acceptors (Lipinski definition) is 7. The molecule has 0 atom stereocenters. The molecule has 0 bridgehead atoms. The fraction of sp³-hybridized carbons (Fsp3) is 0.148. The Bertz CT molecular complexity index is 1720. The Morgan fingerprint density at radius 1 is 0.946 bits per heavy atom. The van der Waals surface area contributed by atoms with E-state index in [0.717, 1.165) is 51.6 Å². The van der Waals surface area contributed by atoms with E-state index in [1.165, 1.54) is 0 Å². The SMILES string of the molecule is CCCCC(=O)Nc1cncc(-c2cc3c(-c4nc5c(-c6cccnc6)nccc5[nH]4)n[nH]c3cn2)c1. The summed E-state index contributed by atoms with van der Waals surface area (Å²) in [6.07, 6.45) is 12.6. The van der Waals surface area contributed by atoms with Gasteiger partial charge in [0.25, 0.3) is 0 Å². The van der Waals surface area contributed by atoms with Gasteiger partial charge in [0.1, 0.15) is 11.2 Å². The maximum absolute atomic E-state index is 12.2. The first-order chi connectivity index (χ1) is 18.2. The van der Waals surface area contributed by atoms with Gasteiger partial charge in [-0.15, -0.1) is 0 Å². The number of aromatic amines is 2. The predicted molar refractivity (Wildman–Crippen MR) is 141 cm³/mol. The van der Waals surface area contributed by atoms with Crippen LogP contribution in [0.15, 0.2) is 67.5 Å². The topological polar surface area (TPSA) is 138 Å². The summed E-state index contributed by atoms with van der Waals surface area (Å²) in [6.45, 7) is 2.06. The quantitative estimate of drug-likeness (QED) is 0.282. The van der Waals surface area contributed by atoms with Crippen LogP contribution in [-0.4, -0.2) is 46.0 Å². The molecule has 6 aromatic rings. The van der Waals surface area contributed by atoms with Gasteiger partial charge in [0, 0.05) is 47.7 Å². The fourth-order valence-corrected chi connectivity index (χ4v) is 4.23. The van der Waals surface area contributed by atoms with Crippen molar-refractivity contribution in [1.82, 2.24) is 40.1 Å². The van der Waals surface area contributed by atoms with Crippen LogP contribution >= 0.6 is 0 Å². The van der Waals surface area contributed by atoms with E-state index in [2.05, 4.69) is 47.4 Å². The largest absolute Gasteiger partial charge is 0.336 e. The average molecular weight is 490 g/mol. The van der Waals surface area contributed by atoms with Crippen molar-refractivity contribution in [3.05, 3.63) is 67.5 Å². The van der Waals surface area contributed by atoms with Crippen LogP contribution < -0.4 is 5.32 Å². The van der Waals surface area contributed by atoms with Gasteiger partial charge in [-0.2, -0.15) is 5.10 Å². The molecule has 6 rings (SSSR count). The molecule has 0 unspecified atom stereocenters. The number of H-pyrrole nitrogens is 2. The summed E-state index contributed by atoms with van der Waals surface area (Å²) in [4.78, 5) is 38.0. The second kappa shape index (κ2) is 9.57. The molecule has 6 aromatic heterocycles. The highest BCUT2D eigenvalue weighted by Crippen LogP contribution is 2.31. The maximum atomic E-state index is 12.2. The van der Waals surface area contributed by atoms with Crippen LogP contribution in [0.2, 0.25) is 0 Å². The molecule has 6 heterocycles. The zero-order chi connectivity index (χ0) is 25.2. The highest BCUT2D eigenvalue weighted by molar-refractivity contribution is 5.97. The van der Waals surface area contributed by atoms with Crippen LogP contribution in [0.4, 0.5) is 5.69 Å². The van der Waals surface area contributed by atoms with E-state index in [1.807, 2.05) is 30.3 Å². The Morgan fingerprint density at radius 2 is 1.86 bits per heavy atom. The number of unbranched alkanes of at least 4 members (excludes halogenated alkanes) is 1. The number of imidazole rings is 1. The van der Waals surface area contributed by atoms with Gasteiger partial charge < -0.3 is 10.3 Å². The molecule has 0 aliphatic rings. The Morgan fingerprint density at radius 3 is 2.73 bits per heavy atom. The molecule has 182 valence electrons. The van der Waals surface area contributed by atoms with Crippen molar-refractivity contribution in [2.45, 2.75) is 26.2 Å². The van der Waals surface area contributed by atoms with Gasteiger partial charge in [-0.1, -0.05) is 13.3 Å². The zero-order valence-electron chi connectivity index (χ0n) is 20.1. The minimum atomic E-state index is -0.0219. The van der Waals surface area contributed by atoms with E-state index in [-0.39, 0.29) is 5.91 Å². The molecule has 0 aromatic carbocycles. The summed E-state index contributed by atoms with van der Waals surface area (Å²) in [6, 6.07) is 9.54. The van der Waals surface area contributed by atoms with E-state index >= 15 is 0 Å². The molecule has 3 N–H and O–H groups in total. The van der Waals surface area contributed by atoms with Gasteiger partial charge in [0.05, 0.1) is 40.5 Å². The highest BCUT2D eigenvalue weighted by Gasteiger charge is 2.17. The molecule has 0 saturated carbocycles. The summed E-state index contributed by atoms with van der Waals surface area (Å²) in [5.74, 6) is 0.595. The van der Waals surface area contributed by atoms with Crippen LogP contribution in [0, 0.1) is 0 Å². The number of anilines is 1. The van der Waals surface area contributed by atoms with Crippen molar-refractivity contribution in [2.24, 2.45) is 0 Å². The molecule has 0 fully saturated rings. The van der Waals surface area contributed by atoms with E-state index in [9.17, 15) is 4.79 Å². The molecule has 37 heavy (non-hydrogen) atoms. The lowest BCUT2D eigenvalue weighted by Crippen LogP contribution is -2.11. The molecule has 0 aliphatic carbocycles. The van der Waals surface area contributed by atoms with Crippen molar-refractivity contribution < 1.29 is 4.79 Å². The number of nitrogens with one attached hydrogen (secondary N) is 3. The third-order valence-electron chi connectivity index (χ3n) is 6.08. The summed E-state index contributed by atoms with van der Waals surface area (Å²) >= 11 is 0. The van der Waals surface area contributed by atoms with E-state index in [1.54, 1.807) is 37.2 Å². The number of carbonyl (C=O) groups excluding carboxylic acids is 1. The van der Waals surface area contributed by atoms with Gasteiger partial charge in [-0.3, -0.25) is 29.8 Å². The molecular weight excluding hydrogens is 466 g/mol. The fourth-order valence-electron chi connectivity index (χ4n) is 4.23. The lowest BCUT2D eigenvalue weighted by atomic mass is 10.1. The molecule has 0 radical (unpaired) electrons. The standard InChI is InChI=1S/C27H23N9O/c1-2-3-6-23(37)32-18-10-17(13-29-14-18)21-11-19-22(15-31-21)35-36-25(19)27-33-20-7-9-30-24(26(20)34-27)16-5-4-8-28-12-16/h4-5,7-15H,2-3,6H2,1H3,(H,32,37)(H,33,34)(H,35,36). The highest BCUT2D eigenvalue weighted by atomic mass is 16.1. The Kier molecular flexibility index (Phi) is 5.81. The summed E-state index contributed by atoms with van der Waals surface area (Å²) in [5.41, 5.74) is 6.82. The van der Waals surface area contributed by atoms with Gasteiger partial charge >= 0.3 is 0 Å². The first-order valence-electron chi connectivity index (χ1n) is 12.0. The van der Waals surface area contributed by atoms with Crippen molar-refractivity contribution in [3.8, 4) is 34.0 Å². The maximum Gasteiger partial charge on any atom is 0.224 e. The number of aromatic nitrogens is 8. The third kappa shape index (κ3) is 4.40. The molecule has 0 saturated heterocycles. The molecule has 1 amide bonds. The number of hydrogen-bond donors (Lipinski definition) is 3. The minimum Gasteiger partial charge on any atom is -0.336 e. The normalized spacial score (nSPS) is 11.3. The van der Waals surface area contributed by atoms with Crippen LogP contribution in [0.1, 0.15) is 26.2 Å². The molecule has 10 nitrogen and oxygen atoms in total. The van der Waals surface area contributed by atoms with Crippen molar-refractivity contribution >= 4 is 33.5 Å². The van der Waals surface area contributed by atoms with Gasteiger partial charge in [-0.25, -0.2) is 4.98 Å². The number of nitrogens with zero attached hydrogens (tertiary/aromatic N) is 6. The van der Waals surface area contributed by atoms with Crippen LogP contribution in [0.25, 0.3) is 56.0 Å². The second-order valence-electron chi connectivity index (χ2n) is 8.68. The third-order valence-corrected chi connectivity index (χ3v) is 6.08. The lowest BCUT2D eigenvalue weighted by Gasteiger charge is -2.07. The number of fused-ring (bicyclic) bond motifs is 2. The second-order valence-corrected chi connectivity index (χ2v) is 8.68. The number of carbonyl (C=O) groups is 1. The number of rotatable bonds is 7. The van der Waals surface area contributed by atoms with Gasteiger partial charge in [-0.05, 0) is 36.8 Å². The monoisotopic (exact) mass is 489 g/mol. The first kappa shape index (κ1) is 22.5. The summed E-state index contributed by atoms with van der Waals surface area (Å²) in [7, 11) is 0. The molecule has 0 spiro atoms. The summed E-state index contributed by atoms with van der Waals surface area (Å²) in [5, 5.41) is 11.3. The van der Waals surface area contributed by atoms with E-state index in [0.29, 0.717) is 29.3 Å². The molecule has 10 heteroatoms. The van der Waals surface area contributed by atoms with Crippen LogP contribution in [0.3, 0.4) is 0 Å². The van der Waals surface area contributed by atoms with Crippen molar-refractivity contribution in [3.63, 3.8) is 0 Å². The zero-order valence-corrected chi connectivity index (χ0v) is 20.1. The first-order valence-corrected chi connectivity index (χ1v) is 12.0. The van der Waals surface area contributed by atoms with Gasteiger partial charge in [0.15, 0.2) is 5.82 Å². The van der Waals surface area contributed by atoms with Crippen LogP contribution in [0.5, 0.6) is 0 Å². The van der Waals surface area contributed by atoms with Crippen molar-refractivity contribution in [1.29, 1.82) is 0 Å². The van der Waals surface area contributed by atoms with Crippen molar-refractivity contribution in [2.75, 3.05) is 5.32 Å². The van der Waals surface area contributed by atoms with Gasteiger partial charge in [0.2, 0.25) is 5.91 Å². The van der Waals surface area contributed by atoms with E-state index in [4.69, 9.17) is 4.98 Å². The Balaban J connectivity index is 1.37.